The number of hydrogen-bond acceptors (Lipinski definition) is 5. The predicted octanol–water partition coefficient (Wildman–Crippen LogP) is 2.73. The van der Waals surface area contributed by atoms with E-state index in [1.165, 1.54) is 32.8 Å². The third kappa shape index (κ3) is 4.38. The molecule has 0 aliphatic carbocycles. The van der Waals surface area contributed by atoms with Gasteiger partial charge in [0.25, 0.3) is 0 Å². The molecular formula is C21H27N3O4S. The van der Waals surface area contributed by atoms with Crippen molar-refractivity contribution in [1.29, 1.82) is 0 Å². The average Bonchev–Trinajstić information content (AvgIpc) is 2.70. The third-order valence-corrected chi connectivity index (χ3v) is 7.02. The van der Waals surface area contributed by atoms with Gasteiger partial charge in [0.2, 0.25) is 15.9 Å². The Morgan fingerprint density at radius 1 is 1.24 bits per heavy atom. The van der Waals surface area contributed by atoms with E-state index in [0.29, 0.717) is 5.69 Å². The van der Waals surface area contributed by atoms with Gasteiger partial charge in [-0.3, -0.25) is 4.79 Å². The highest BCUT2D eigenvalue weighted by atomic mass is 32.2. The Morgan fingerprint density at radius 2 is 1.97 bits per heavy atom. The minimum absolute atomic E-state index is 0.0134. The summed E-state index contributed by atoms with van der Waals surface area (Å²) >= 11 is 0. The number of aryl methyl sites for hydroxylation is 1. The van der Waals surface area contributed by atoms with Gasteiger partial charge in [0.05, 0.1) is 13.7 Å². The van der Waals surface area contributed by atoms with E-state index in [0.717, 1.165) is 22.8 Å². The summed E-state index contributed by atoms with van der Waals surface area (Å²) in [5.41, 5.74) is 2.73. The van der Waals surface area contributed by atoms with Gasteiger partial charge in [0, 0.05) is 31.5 Å². The number of nitrogens with one attached hydrogen (secondary N) is 1. The number of benzene rings is 2. The maximum Gasteiger partial charge on any atom is 0.246 e. The van der Waals surface area contributed by atoms with Crippen molar-refractivity contribution in [3.8, 4) is 5.75 Å². The van der Waals surface area contributed by atoms with Gasteiger partial charge in [-0.05, 0) is 49.6 Å². The molecule has 0 fully saturated rings. The molecule has 1 aliphatic rings. The molecule has 0 radical (unpaired) electrons. The average molecular weight is 418 g/mol. The molecular weight excluding hydrogens is 390 g/mol. The third-order valence-electron chi connectivity index (χ3n) is 5.18. The summed E-state index contributed by atoms with van der Waals surface area (Å²) in [6.07, 6.45) is 1.98. The lowest BCUT2D eigenvalue weighted by Crippen LogP contribution is -2.42. The second kappa shape index (κ2) is 8.42. The van der Waals surface area contributed by atoms with Crippen LogP contribution in [0.1, 0.15) is 18.9 Å². The van der Waals surface area contributed by atoms with Gasteiger partial charge in [0.1, 0.15) is 10.6 Å². The van der Waals surface area contributed by atoms with Crippen LogP contribution >= 0.6 is 0 Å². The number of amides is 1. The molecule has 8 heteroatoms. The van der Waals surface area contributed by atoms with Crippen molar-refractivity contribution in [3.63, 3.8) is 0 Å². The van der Waals surface area contributed by atoms with Gasteiger partial charge in [0.15, 0.2) is 0 Å². The zero-order chi connectivity index (χ0) is 21.2. The van der Waals surface area contributed by atoms with Crippen molar-refractivity contribution in [3.05, 3.63) is 48.0 Å². The number of carbonyl (C=O) groups is 1. The molecule has 0 spiro atoms. The second-order valence-corrected chi connectivity index (χ2v) is 9.47. The van der Waals surface area contributed by atoms with Crippen molar-refractivity contribution in [1.82, 2.24) is 4.31 Å². The van der Waals surface area contributed by atoms with Crippen LogP contribution in [0.15, 0.2) is 47.4 Å². The smallest absolute Gasteiger partial charge is 0.246 e. The second-order valence-electron chi connectivity index (χ2n) is 7.35. The lowest BCUT2D eigenvalue weighted by atomic mass is 9.96. The van der Waals surface area contributed by atoms with Gasteiger partial charge in [-0.1, -0.05) is 18.2 Å². The Balaban J connectivity index is 1.81. The number of ether oxygens (including phenoxy) is 1. The Kier molecular flexibility index (Phi) is 6.14. The molecule has 2 aromatic rings. The first-order chi connectivity index (χ1) is 13.7. The van der Waals surface area contributed by atoms with E-state index < -0.39 is 10.0 Å². The highest BCUT2D eigenvalue weighted by molar-refractivity contribution is 7.89. The van der Waals surface area contributed by atoms with Crippen LogP contribution in [-0.4, -0.2) is 52.4 Å². The highest BCUT2D eigenvalue weighted by Crippen LogP contribution is 2.31. The molecule has 0 unspecified atom stereocenters. The van der Waals surface area contributed by atoms with Gasteiger partial charge >= 0.3 is 0 Å². The molecule has 156 valence electrons. The number of methoxy groups -OCH3 is 1. The fourth-order valence-electron chi connectivity index (χ4n) is 3.51. The SMILES string of the molecule is COc1ccc(NC(=O)CN2c3ccccc3CC[C@@H]2C)cc1S(=O)(=O)N(C)C. The topological polar surface area (TPSA) is 79.0 Å². The zero-order valence-corrected chi connectivity index (χ0v) is 18.0. The van der Waals surface area contributed by atoms with Crippen LogP contribution in [0.4, 0.5) is 11.4 Å². The van der Waals surface area contributed by atoms with Gasteiger partial charge in [-0.15, -0.1) is 0 Å². The monoisotopic (exact) mass is 417 g/mol. The summed E-state index contributed by atoms with van der Waals surface area (Å²) < 4.78 is 31.4. The molecule has 0 saturated heterocycles. The van der Waals surface area contributed by atoms with Crippen LogP contribution in [-0.2, 0) is 21.2 Å². The zero-order valence-electron chi connectivity index (χ0n) is 17.2. The first kappa shape index (κ1) is 21.1. The number of nitrogens with zero attached hydrogens (tertiary/aromatic N) is 2. The van der Waals surface area contributed by atoms with E-state index in [1.54, 1.807) is 12.1 Å². The molecule has 0 aromatic heterocycles. The first-order valence-corrected chi connectivity index (χ1v) is 10.9. The fraction of sp³-hybridized carbons (Fsp3) is 0.381. The van der Waals surface area contributed by atoms with Gasteiger partial charge in [-0.25, -0.2) is 12.7 Å². The summed E-state index contributed by atoms with van der Waals surface area (Å²) in [6.45, 7) is 2.30. The number of para-hydroxylation sites is 1. The predicted molar refractivity (Wildman–Crippen MR) is 114 cm³/mol. The van der Waals surface area contributed by atoms with Crippen molar-refractivity contribution in [2.75, 3.05) is 38.0 Å². The van der Waals surface area contributed by atoms with Crippen LogP contribution in [0.25, 0.3) is 0 Å². The van der Waals surface area contributed by atoms with Crippen molar-refractivity contribution >= 4 is 27.3 Å². The maximum absolute atomic E-state index is 12.7. The minimum atomic E-state index is -3.71. The van der Waals surface area contributed by atoms with E-state index in [9.17, 15) is 13.2 Å². The van der Waals surface area contributed by atoms with E-state index in [2.05, 4.69) is 23.2 Å². The molecule has 0 saturated carbocycles. The van der Waals surface area contributed by atoms with Crippen molar-refractivity contribution < 1.29 is 17.9 Å². The number of fused-ring (bicyclic) bond motifs is 1. The van der Waals surface area contributed by atoms with E-state index in [-0.39, 0.29) is 29.1 Å². The van der Waals surface area contributed by atoms with Crippen molar-refractivity contribution in [2.45, 2.75) is 30.7 Å². The van der Waals surface area contributed by atoms with Crippen LogP contribution in [0.5, 0.6) is 5.75 Å². The van der Waals surface area contributed by atoms with E-state index in [1.807, 2.05) is 18.2 Å². The number of carbonyl (C=O) groups excluding carboxylic acids is 1. The molecule has 1 atom stereocenters. The van der Waals surface area contributed by atoms with Crippen LogP contribution in [0.3, 0.4) is 0 Å². The number of sulfonamides is 1. The quantitative estimate of drug-likeness (QED) is 0.782. The Morgan fingerprint density at radius 3 is 2.66 bits per heavy atom. The molecule has 3 rings (SSSR count). The Labute approximate surface area is 172 Å². The summed E-state index contributed by atoms with van der Waals surface area (Å²) in [5, 5.41) is 2.82. The highest BCUT2D eigenvalue weighted by Gasteiger charge is 2.26. The normalized spacial score (nSPS) is 16.4. The van der Waals surface area contributed by atoms with Gasteiger partial charge in [-0.2, -0.15) is 0 Å². The molecule has 0 bridgehead atoms. The lowest BCUT2D eigenvalue weighted by Gasteiger charge is -2.36. The Bertz CT molecular complexity index is 1000. The molecule has 2 aromatic carbocycles. The fourth-order valence-corrected chi connectivity index (χ4v) is 4.58. The van der Waals surface area contributed by atoms with Crippen LogP contribution < -0.4 is 15.0 Å². The molecule has 1 amide bonds. The van der Waals surface area contributed by atoms with Gasteiger partial charge < -0.3 is 15.0 Å². The summed E-state index contributed by atoms with van der Waals surface area (Å²) in [4.78, 5) is 14.8. The number of hydrogen-bond donors (Lipinski definition) is 1. The molecule has 7 nitrogen and oxygen atoms in total. The van der Waals surface area contributed by atoms with E-state index in [4.69, 9.17) is 4.74 Å². The molecule has 29 heavy (non-hydrogen) atoms. The van der Waals surface area contributed by atoms with Crippen LogP contribution in [0, 0.1) is 0 Å². The summed E-state index contributed by atoms with van der Waals surface area (Å²) in [7, 11) is 0.614. The number of rotatable bonds is 6. The lowest BCUT2D eigenvalue weighted by molar-refractivity contribution is -0.115. The standard InChI is InChI=1S/C21H27N3O4S/c1-15-9-10-16-7-5-6-8-18(16)24(15)14-21(25)22-17-11-12-19(28-4)20(13-17)29(26,27)23(2)3/h5-8,11-13,15H,9-10,14H2,1-4H3,(H,22,25)/t15-/m0/s1. The number of anilines is 2. The van der Waals surface area contributed by atoms with Crippen molar-refractivity contribution in [2.24, 2.45) is 0 Å². The summed E-state index contributed by atoms with van der Waals surface area (Å²) in [6, 6.07) is 13.0. The minimum Gasteiger partial charge on any atom is -0.495 e. The van der Waals surface area contributed by atoms with E-state index >= 15 is 0 Å². The largest absolute Gasteiger partial charge is 0.495 e. The summed E-state index contributed by atoms with van der Waals surface area (Å²) in [5.74, 6) is 0.0298. The molecule has 1 aliphatic heterocycles. The first-order valence-electron chi connectivity index (χ1n) is 9.49. The van der Waals surface area contributed by atoms with Crippen LogP contribution in [0.2, 0.25) is 0 Å². The maximum atomic E-state index is 12.7. The Hall–Kier alpha value is -2.58. The molecule has 1 N–H and O–H groups in total. The molecule has 1 heterocycles.